The first-order valence-corrected chi connectivity index (χ1v) is 7.77. The molecule has 21 heavy (non-hydrogen) atoms. The van der Waals surface area contributed by atoms with Crippen LogP contribution in [0.3, 0.4) is 0 Å². The van der Waals surface area contributed by atoms with E-state index in [0.29, 0.717) is 12.6 Å². The number of ether oxygens (including phenoxy) is 1. The summed E-state index contributed by atoms with van der Waals surface area (Å²) in [5.41, 5.74) is 2.57. The third kappa shape index (κ3) is 5.07. The second kappa shape index (κ2) is 8.06. The normalized spacial score (nSPS) is 12.1. The van der Waals surface area contributed by atoms with Gasteiger partial charge in [-0.15, -0.1) is 0 Å². The minimum absolute atomic E-state index is 0.327. The standard InChI is InChI=1S/C18H22ClNO/c1-3-21-18-10-6-16(7-11-18)14(2)20-13-12-15-4-8-17(19)9-5-15/h4-11,14,20H,3,12-13H2,1-2H3. The van der Waals surface area contributed by atoms with Gasteiger partial charge in [-0.3, -0.25) is 0 Å². The molecule has 0 heterocycles. The molecule has 2 aromatic rings. The van der Waals surface area contributed by atoms with E-state index in [4.69, 9.17) is 16.3 Å². The molecule has 0 aliphatic rings. The third-order valence-electron chi connectivity index (χ3n) is 3.47. The van der Waals surface area contributed by atoms with Crippen LogP contribution in [0.15, 0.2) is 48.5 Å². The highest BCUT2D eigenvalue weighted by Gasteiger charge is 2.04. The number of nitrogens with one attached hydrogen (secondary N) is 1. The lowest BCUT2D eigenvalue weighted by Crippen LogP contribution is -2.21. The molecular weight excluding hydrogens is 282 g/mol. The van der Waals surface area contributed by atoms with Gasteiger partial charge in [0.15, 0.2) is 0 Å². The maximum Gasteiger partial charge on any atom is 0.119 e. The van der Waals surface area contributed by atoms with Crippen molar-refractivity contribution in [2.75, 3.05) is 13.2 Å². The maximum absolute atomic E-state index is 5.89. The zero-order chi connectivity index (χ0) is 15.1. The molecule has 0 radical (unpaired) electrons. The highest BCUT2D eigenvalue weighted by atomic mass is 35.5. The second-order valence-electron chi connectivity index (χ2n) is 5.05. The zero-order valence-electron chi connectivity index (χ0n) is 12.6. The predicted octanol–water partition coefficient (Wildman–Crippen LogP) is 4.63. The Kier molecular flexibility index (Phi) is 6.09. The van der Waals surface area contributed by atoms with Crippen molar-refractivity contribution in [3.63, 3.8) is 0 Å². The average Bonchev–Trinajstić information content (AvgIpc) is 2.50. The molecule has 3 heteroatoms. The van der Waals surface area contributed by atoms with E-state index >= 15 is 0 Å². The number of benzene rings is 2. The van der Waals surface area contributed by atoms with Gasteiger partial charge in [0.1, 0.15) is 5.75 Å². The van der Waals surface area contributed by atoms with Gasteiger partial charge in [0.25, 0.3) is 0 Å². The summed E-state index contributed by atoms with van der Waals surface area (Å²) >= 11 is 5.89. The van der Waals surface area contributed by atoms with Crippen LogP contribution in [0.5, 0.6) is 5.75 Å². The lowest BCUT2D eigenvalue weighted by molar-refractivity contribution is 0.340. The molecule has 0 saturated carbocycles. The van der Waals surface area contributed by atoms with Gasteiger partial charge in [-0.25, -0.2) is 0 Å². The molecule has 112 valence electrons. The fraction of sp³-hybridized carbons (Fsp3) is 0.333. The topological polar surface area (TPSA) is 21.3 Å². The van der Waals surface area contributed by atoms with Crippen molar-refractivity contribution in [3.05, 3.63) is 64.7 Å². The quantitative estimate of drug-likeness (QED) is 0.805. The Bertz CT molecular complexity index is 536. The van der Waals surface area contributed by atoms with Crippen molar-refractivity contribution in [3.8, 4) is 5.75 Å². The molecule has 2 rings (SSSR count). The molecule has 0 aliphatic heterocycles. The molecule has 2 aromatic carbocycles. The molecule has 0 spiro atoms. The minimum atomic E-state index is 0.327. The minimum Gasteiger partial charge on any atom is -0.494 e. The molecule has 2 nitrogen and oxygen atoms in total. The van der Waals surface area contributed by atoms with E-state index in [-0.39, 0.29) is 0 Å². The Morgan fingerprint density at radius 3 is 2.33 bits per heavy atom. The van der Waals surface area contributed by atoms with Crippen LogP contribution in [-0.4, -0.2) is 13.2 Å². The Balaban J connectivity index is 1.81. The molecule has 0 aromatic heterocycles. The molecule has 0 bridgehead atoms. The summed E-state index contributed by atoms with van der Waals surface area (Å²) < 4.78 is 5.46. The maximum atomic E-state index is 5.89. The van der Waals surface area contributed by atoms with Gasteiger partial charge < -0.3 is 10.1 Å². The summed E-state index contributed by atoms with van der Waals surface area (Å²) in [6.07, 6.45) is 0.999. The van der Waals surface area contributed by atoms with E-state index in [1.807, 2.05) is 31.2 Å². The van der Waals surface area contributed by atoms with Gasteiger partial charge in [0.2, 0.25) is 0 Å². The van der Waals surface area contributed by atoms with Crippen molar-refractivity contribution < 1.29 is 4.74 Å². The van der Waals surface area contributed by atoms with Crippen LogP contribution >= 0.6 is 11.6 Å². The Morgan fingerprint density at radius 1 is 1.05 bits per heavy atom. The van der Waals surface area contributed by atoms with Crippen molar-refractivity contribution >= 4 is 11.6 Å². The van der Waals surface area contributed by atoms with Crippen LogP contribution < -0.4 is 10.1 Å². The molecular formula is C18H22ClNO. The van der Waals surface area contributed by atoms with Gasteiger partial charge in [-0.2, -0.15) is 0 Å². The Hall–Kier alpha value is -1.51. The largest absolute Gasteiger partial charge is 0.494 e. The fourth-order valence-corrected chi connectivity index (χ4v) is 2.35. The Morgan fingerprint density at radius 2 is 1.71 bits per heavy atom. The summed E-state index contributed by atoms with van der Waals surface area (Å²) in [6, 6.07) is 16.6. The second-order valence-corrected chi connectivity index (χ2v) is 5.49. The Labute approximate surface area is 132 Å². The van der Waals surface area contributed by atoms with Crippen LogP contribution in [0, 0.1) is 0 Å². The highest BCUT2D eigenvalue weighted by Crippen LogP contribution is 2.17. The van der Waals surface area contributed by atoms with Gasteiger partial charge >= 0.3 is 0 Å². The van der Waals surface area contributed by atoms with E-state index < -0.39 is 0 Å². The fourth-order valence-electron chi connectivity index (χ4n) is 2.22. The van der Waals surface area contributed by atoms with Crippen molar-refractivity contribution in [1.29, 1.82) is 0 Å². The first-order valence-electron chi connectivity index (χ1n) is 7.39. The van der Waals surface area contributed by atoms with E-state index in [1.54, 1.807) is 0 Å². The highest BCUT2D eigenvalue weighted by molar-refractivity contribution is 6.30. The first-order chi connectivity index (χ1) is 10.2. The molecule has 1 atom stereocenters. The van der Waals surface area contributed by atoms with Crippen molar-refractivity contribution in [1.82, 2.24) is 5.32 Å². The summed E-state index contributed by atoms with van der Waals surface area (Å²) in [6.45, 7) is 5.82. The SMILES string of the molecule is CCOc1ccc(C(C)NCCc2ccc(Cl)cc2)cc1. The van der Waals surface area contributed by atoms with E-state index in [9.17, 15) is 0 Å². The molecule has 0 amide bonds. The summed E-state index contributed by atoms with van der Waals surface area (Å²) in [7, 11) is 0. The molecule has 1 unspecified atom stereocenters. The van der Waals surface area contributed by atoms with E-state index in [2.05, 4.69) is 36.5 Å². The van der Waals surface area contributed by atoms with Gasteiger partial charge in [0.05, 0.1) is 6.61 Å². The van der Waals surface area contributed by atoms with Crippen LogP contribution in [0.4, 0.5) is 0 Å². The average molecular weight is 304 g/mol. The van der Waals surface area contributed by atoms with E-state index in [0.717, 1.165) is 23.7 Å². The lowest BCUT2D eigenvalue weighted by Gasteiger charge is -2.15. The molecule has 0 aliphatic carbocycles. The van der Waals surface area contributed by atoms with Crippen LogP contribution in [0.1, 0.15) is 31.0 Å². The number of hydrogen-bond acceptors (Lipinski definition) is 2. The smallest absolute Gasteiger partial charge is 0.119 e. The number of halogens is 1. The third-order valence-corrected chi connectivity index (χ3v) is 3.72. The van der Waals surface area contributed by atoms with Crippen LogP contribution in [-0.2, 0) is 6.42 Å². The van der Waals surface area contributed by atoms with Gasteiger partial charge in [0, 0.05) is 11.1 Å². The molecule has 1 N–H and O–H groups in total. The summed E-state index contributed by atoms with van der Waals surface area (Å²) in [4.78, 5) is 0. The zero-order valence-corrected chi connectivity index (χ0v) is 13.4. The summed E-state index contributed by atoms with van der Waals surface area (Å²) in [5.74, 6) is 0.926. The van der Waals surface area contributed by atoms with Crippen molar-refractivity contribution in [2.24, 2.45) is 0 Å². The van der Waals surface area contributed by atoms with Crippen LogP contribution in [0.2, 0.25) is 5.02 Å². The monoisotopic (exact) mass is 303 g/mol. The predicted molar refractivity (Wildman–Crippen MR) is 89.2 cm³/mol. The lowest BCUT2D eigenvalue weighted by atomic mass is 10.1. The molecule has 0 saturated heterocycles. The van der Waals surface area contributed by atoms with Crippen LogP contribution in [0.25, 0.3) is 0 Å². The molecule has 0 fully saturated rings. The van der Waals surface area contributed by atoms with Gasteiger partial charge in [-0.05, 0) is 62.2 Å². The van der Waals surface area contributed by atoms with Crippen molar-refractivity contribution in [2.45, 2.75) is 26.3 Å². The number of hydrogen-bond donors (Lipinski definition) is 1. The van der Waals surface area contributed by atoms with Gasteiger partial charge in [-0.1, -0.05) is 35.9 Å². The summed E-state index contributed by atoms with van der Waals surface area (Å²) in [5, 5.41) is 4.33. The first kappa shape index (κ1) is 15.9. The van der Waals surface area contributed by atoms with E-state index in [1.165, 1.54) is 11.1 Å². The number of rotatable bonds is 7.